The van der Waals surface area contributed by atoms with Crippen LogP contribution in [0.1, 0.15) is 45.2 Å². The van der Waals surface area contributed by atoms with Gasteiger partial charge in [-0.2, -0.15) is 0 Å². The zero-order valence-corrected chi connectivity index (χ0v) is 14.2. The summed E-state index contributed by atoms with van der Waals surface area (Å²) in [6, 6.07) is 8.53. The fourth-order valence-corrected chi connectivity index (χ4v) is 2.03. The maximum atomic E-state index is 4.24. The SMILES string of the molecule is C=C/C(=C\C(=C\C)CC(=C)C(C)(C)C)c1cccc(C)c1. The molecule has 1 rings (SSSR count). The van der Waals surface area contributed by atoms with Gasteiger partial charge in [0.2, 0.25) is 0 Å². The largest absolute Gasteiger partial charge is 0.0990 e. The Bertz CT molecular complexity index is 574. The molecule has 1 aromatic rings. The van der Waals surface area contributed by atoms with E-state index in [2.05, 4.69) is 84.2 Å². The molecule has 0 fully saturated rings. The molecule has 0 nitrogen and oxygen atoms in total. The summed E-state index contributed by atoms with van der Waals surface area (Å²) in [7, 11) is 0. The molecule has 0 aromatic heterocycles. The molecule has 0 aliphatic rings. The van der Waals surface area contributed by atoms with Gasteiger partial charge >= 0.3 is 0 Å². The molecular weight excluding hydrogens is 252 g/mol. The van der Waals surface area contributed by atoms with Crippen molar-refractivity contribution < 1.29 is 0 Å². The third-order valence-corrected chi connectivity index (χ3v) is 3.76. The monoisotopic (exact) mass is 280 g/mol. The molecule has 0 aliphatic heterocycles. The van der Waals surface area contributed by atoms with E-state index >= 15 is 0 Å². The van der Waals surface area contributed by atoms with Crippen molar-refractivity contribution in [2.24, 2.45) is 5.41 Å². The normalized spacial score (nSPS) is 13.2. The second-order valence-electron chi connectivity index (χ2n) is 6.57. The zero-order chi connectivity index (χ0) is 16.0. The van der Waals surface area contributed by atoms with E-state index in [1.54, 1.807) is 0 Å². The maximum Gasteiger partial charge on any atom is -0.00676 e. The van der Waals surface area contributed by atoms with Crippen molar-refractivity contribution in [3.05, 3.63) is 77.9 Å². The lowest BCUT2D eigenvalue weighted by atomic mass is 9.83. The fourth-order valence-electron chi connectivity index (χ4n) is 2.03. The third-order valence-electron chi connectivity index (χ3n) is 3.76. The van der Waals surface area contributed by atoms with Crippen LogP contribution in [0.3, 0.4) is 0 Å². The van der Waals surface area contributed by atoms with Gasteiger partial charge in [0.1, 0.15) is 0 Å². The highest BCUT2D eigenvalue weighted by molar-refractivity contribution is 5.76. The van der Waals surface area contributed by atoms with Crippen LogP contribution in [0.15, 0.2) is 66.8 Å². The summed E-state index contributed by atoms with van der Waals surface area (Å²) < 4.78 is 0. The van der Waals surface area contributed by atoms with Crippen molar-refractivity contribution in [3.8, 4) is 0 Å². The molecule has 0 heteroatoms. The van der Waals surface area contributed by atoms with E-state index in [9.17, 15) is 0 Å². The molecule has 0 N–H and O–H groups in total. The summed E-state index contributed by atoms with van der Waals surface area (Å²) in [5.74, 6) is 0. The van der Waals surface area contributed by atoms with Crippen LogP contribution < -0.4 is 0 Å². The van der Waals surface area contributed by atoms with Crippen molar-refractivity contribution >= 4 is 5.57 Å². The summed E-state index contributed by atoms with van der Waals surface area (Å²) in [6.07, 6.45) is 7.22. The molecule has 1 aromatic carbocycles. The average Bonchev–Trinajstić information content (AvgIpc) is 2.42. The lowest BCUT2D eigenvalue weighted by molar-refractivity contribution is 0.494. The second kappa shape index (κ2) is 7.26. The van der Waals surface area contributed by atoms with Crippen LogP contribution >= 0.6 is 0 Å². The molecular formula is C21H28. The van der Waals surface area contributed by atoms with Crippen LogP contribution in [0.4, 0.5) is 0 Å². The summed E-state index contributed by atoms with van der Waals surface area (Å²) in [5, 5.41) is 0. The molecule has 0 heterocycles. The van der Waals surface area contributed by atoms with Gasteiger partial charge in [0, 0.05) is 0 Å². The van der Waals surface area contributed by atoms with Crippen LogP contribution in [0, 0.1) is 12.3 Å². The minimum atomic E-state index is 0.139. The molecule has 0 radical (unpaired) electrons. The Kier molecular flexibility index (Phi) is 5.96. The molecule has 0 aliphatic carbocycles. The number of hydrogen-bond acceptors (Lipinski definition) is 0. The molecule has 0 bridgehead atoms. The van der Waals surface area contributed by atoms with Gasteiger partial charge in [-0.15, -0.1) is 0 Å². The molecule has 0 saturated carbocycles. The Hall–Kier alpha value is -1.82. The van der Waals surface area contributed by atoms with E-state index in [1.807, 2.05) is 6.08 Å². The van der Waals surface area contributed by atoms with Gasteiger partial charge in [0.15, 0.2) is 0 Å². The Morgan fingerprint density at radius 2 is 1.90 bits per heavy atom. The summed E-state index contributed by atoms with van der Waals surface area (Å²) in [4.78, 5) is 0. The first kappa shape index (κ1) is 17.2. The molecule has 0 amide bonds. The van der Waals surface area contributed by atoms with Gasteiger partial charge in [-0.05, 0) is 42.4 Å². The van der Waals surface area contributed by atoms with Crippen molar-refractivity contribution in [2.75, 3.05) is 0 Å². The van der Waals surface area contributed by atoms with Crippen molar-refractivity contribution in [3.63, 3.8) is 0 Å². The number of hydrogen-bond donors (Lipinski definition) is 0. The third kappa shape index (κ3) is 5.23. The van der Waals surface area contributed by atoms with Crippen molar-refractivity contribution in [1.29, 1.82) is 0 Å². The van der Waals surface area contributed by atoms with E-state index in [1.165, 1.54) is 22.3 Å². The smallest absolute Gasteiger partial charge is 0.00676 e. The van der Waals surface area contributed by atoms with E-state index in [4.69, 9.17) is 0 Å². The van der Waals surface area contributed by atoms with Gasteiger partial charge in [-0.1, -0.05) is 87.6 Å². The van der Waals surface area contributed by atoms with Crippen LogP contribution in [0.2, 0.25) is 0 Å². The van der Waals surface area contributed by atoms with Crippen molar-refractivity contribution in [1.82, 2.24) is 0 Å². The Balaban J connectivity index is 3.06. The average molecular weight is 280 g/mol. The molecule has 0 spiro atoms. The highest BCUT2D eigenvalue weighted by Crippen LogP contribution is 2.30. The first-order valence-corrected chi connectivity index (χ1v) is 7.52. The van der Waals surface area contributed by atoms with Gasteiger partial charge in [-0.25, -0.2) is 0 Å². The lowest BCUT2D eigenvalue weighted by Crippen LogP contribution is -2.08. The van der Waals surface area contributed by atoms with Crippen LogP contribution in [-0.2, 0) is 0 Å². The second-order valence-corrected chi connectivity index (χ2v) is 6.57. The fraction of sp³-hybridized carbons (Fsp3) is 0.333. The molecule has 21 heavy (non-hydrogen) atoms. The highest BCUT2D eigenvalue weighted by atomic mass is 14.2. The Morgan fingerprint density at radius 3 is 2.38 bits per heavy atom. The van der Waals surface area contributed by atoms with Crippen LogP contribution in [0.25, 0.3) is 5.57 Å². The topological polar surface area (TPSA) is 0 Å². The van der Waals surface area contributed by atoms with E-state index in [0.717, 1.165) is 12.0 Å². The first-order valence-electron chi connectivity index (χ1n) is 7.52. The van der Waals surface area contributed by atoms with Gasteiger partial charge in [0.05, 0.1) is 0 Å². The van der Waals surface area contributed by atoms with E-state index in [-0.39, 0.29) is 5.41 Å². The van der Waals surface area contributed by atoms with E-state index < -0.39 is 0 Å². The molecule has 112 valence electrons. The number of aryl methyl sites for hydroxylation is 1. The lowest BCUT2D eigenvalue weighted by Gasteiger charge is -2.22. The van der Waals surface area contributed by atoms with Crippen LogP contribution in [0.5, 0.6) is 0 Å². The standard InChI is InChI=1S/C21H28/c1-8-18(14-17(4)21(5,6)7)15-19(9-2)20-12-10-11-16(3)13-20/h8-13,15H,2,4,14H2,1,3,5-7H3/b18-8+,19-15+. The minimum Gasteiger partial charge on any atom is -0.0990 e. The summed E-state index contributed by atoms with van der Waals surface area (Å²) in [6.45, 7) is 19.0. The Morgan fingerprint density at radius 1 is 1.24 bits per heavy atom. The maximum absolute atomic E-state index is 4.24. The van der Waals surface area contributed by atoms with Crippen molar-refractivity contribution in [2.45, 2.75) is 41.0 Å². The summed E-state index contributed by atoms with van der Waals surface area (Å²) in [5.41, 5.74) is 6.31. The molecule has 0 atom stereocenters. The van der Waals surface area contributed by atoms with Gasteiger partial charge < -0.3 is 0 Å². The highest BCUT2D eigenvalue weighted by Gasteiger charge is 2.15. The van der Waals surface area contributed by atoms with Crippen LogP contribution in [-0.4, -0.2) is 0 Å². The van der Waals surface area contributed by atoms with Gasteiger partial charge in [0.25, 0.3) is 0 Å². The van der Waals surface area contributed by atoms with Gasteiger partial charge in [-0.3, -0.25) is 0 Å². The number of rotatable bonds is 5. The molecule has 0 unspecified atom stereocenters. The van der Waals surface area contributed by atoms with E-state index in [0.29, 0.717) is 0 Å². The Labute approximate surface area is 130 Å². The predicted molar refractivity (Wildman–Crippen MR) is 96.3 cm³/mol. The predicted octanol–water partition coefficient (Wildman–Crippen LogP) is 6.50. The summed E-state index contributed by atoms with van der Waals surface area (Å²) >= 11 is 0. The number of allylic oxidation sites excluding steroid dienone is 6. The quantitative estimate of drug-likeness (QED) is 0.426. The minimum absolute atomic E-state index is 0.139. The number of benzene rings is 1. The zero-order valence-electron chi connectivity index (χ0n) is 14.2. The molecule has 0 saturated heterocycles. The first-order chi connectivity index (χ1) is 9.77.